The Morgan fingerprint density at radius 2 is 2.00 bits per heavy atom. The fourth-order valence-corrected chi connectivity index (χ4v) is 5.40. The quantitative estimate of drug-likeness (QED) is 0.762. The number of halogens is 2. The van der Waals surface area contributed by atoms with Crippen LogP contribution >= 0.6 is 0 Å². The van der Waals surface area contributed by atoms with Crippen molar-refractivity contribution in [1.29, 1.82) is 0 Å². The van der Waals surface area contributed by atoms with E-state index in [9.17, 15) is 23.5 Å². The first-order valence-electron chi connectivity index (χ1n) is 10.8. The van der Waals surface area contributed by atoms with Crippen LogP contribution in [0.2, 0.25) is 0 Å². The first-order valence-corrected chi connectivity index (χ1v) is 10.8. The number of hydrogen-bond donors (Lipinski definition) is 2. The molecule has 3 heterocycles. The molecule has 4 atom stereocenters. The monoisotopic (exact) mass is 429 g/mol. The molecule has 0 radical (unpaired) electrons. The molecule has 1 aromatic heterocycles. The van der Waals surface area contributed by atoms with Crippen LogP contribution in [-0.4, -0.2) is 39.2 Å². The molecule has 0 unspecified atom stereocenters. The minimum Gasteiger partial charge on any atom is -0.396 e. The standard InChI is InChI=1S/C23H25F2N3O3/c24-14-7-8-17(25)13(9-14)10-28-19-11-27-18(5-2-6-20(27)30)22(28)21(16(19)12-29)23(31)26-15-3-1-4-15/h2,5-9,15-16,19,21-22,29H,1,3-4,10-12H2,(H,26,31)/t16-,19-,21+,22+/m1/s1. The smallest absolute Gasteiger partial charge is 0.250 e. The molecule has 1 aromatic carbocycles. The molecule has 1 saturated carbocycles. The molecule has 1 saturated heterocycles. The van der Waals surface area contributed by atoms with E-state index in [4.69, 9.17) is 0 Å². The van der Waals surface area contributed by atoms with Gasteiger partial charge in [0.15, 0.2) is 0 Å². The number of fused-ring (bicyclic) bond motifs is 4. The molecule has 5 rings (SSSR count). The van der Waals surface area contributed by atoms with Crippen molar-refractivity contribution in [2.24, 2.45) is 11.8 Å². The van der Waals surface area contributed by atoms with Gasteiger partial charge in [-0.3, -0.25) is 14.5 Å². The highest BCUT2D eigenvalue weighted by Gasteiger charge is 2.55. The normalized spacial score (nSPS) is 27.6. The second-order valence-electron chi connectivity index (χ2n) is 8.83. The Hall–Kier alpha value is -2.58. The van der Waals surface area contributed by atoms with Gasteiger partial charge >= 0.3 is 0 Å². The summed E-state index contributed by atoms with van der Waals surface area (Å²) in [6, 6.07) is 7.56. The van der Waals surface area contributed by atoms with Crippen molar-refractivity contribution in [2.45, 2.75) is 50.5 Å². The zero-order chi connectivity index (χ0) is 21.7. The molecule has 2 bridgehead atoms. The Balaban J connectivity index is 1.57. The third-order valence-corrected chi connectivity index (χ3v) is 7.16. The van der Waals surface area contributed by atoms with Gasteiger partial charge in [-0.05, 0) is 43.5 Å². The molecule has 2 N–H and O–H groups in total. The highest BCUT2D eigenvalue weighted by Crippen LogP contribution is 2.49. The van der Waals surface area contributed by atoms with Gasteiger partial charge in [0.05, 0.1) is 12.0 Å². The number of benzene rings is 1. The van der Waals surface area contributed by atoms with Crippen LogP contribution < -0.4 is 10.9 Å². The van der Waals surface area contributed by atoms with Crippen LogP contribution in [0, 0.1) is 23.5 Å². The Labute approximate surface area is 178 Å². The van der Waals surface area contributed by atoms with Crippen LogP contribution in [-0.2, 0) is 17.9 Å². The van der Waals surface area contributed by atoms with Gasteiger partial charge in [-0.25, -0.2) is 8.78 Å². The topological polar surface area (TPSA) is 74.6 Å². The van der Waals surface area contributed by atoms with Gasteiger partial charge in [0.2, 0.25) is 5.91 Å². The van der Waals surface area contributed by atoms with Crippen LogP contribution in [0.5, 0.6) is 0 Å². The lowest BCUT2D eigenvalue weighted by atomic mass is 9.85. The second kappa shape index (κ2) is 7.84. The number of aromatic nitrogens is 1. The fourth-order valence-electron chi connectivity index (χ4n) is 5.40. The second-order valence-corrected chi connectivity index (χ2v) is 8.83. The van der Waals surface area contributed by atoms with E-state index in [-0.39, 0.29) is 42.3 Å². The maximum absolute atomic E-state index is 14.4. The van der Waals surface area contributed by atoms with Crippen molar-refractivity contribution >= 4 is 5.91 Å². The van der Waals surface area contributed by atoms with Crippen LogP contribution in [0.1, 0.15) is 36.6 Å². The molecule has 164 valence electrons. The van der Waals surface area contributed by atoms with Crippen LogP contribution in [0.15, 0.2) is 41.2 Å². The summed E-state index contributed by atoms with van der Waals surface area (Å²) in [6.45, 7) is 0.154. The molecule has 2 fully saturated rings. The summed E-state index contributed by atoms with van der Waals surface area (Å²) in [7, 11) is 0. The van der Waals surface area contributed by atoms with E-state index < -0.39 is 29.5 Å². The van der Waals surface area contributed by atoms with Crippen LogP contribution in [0.25, 0.3) is 0 Å². The van der Waals surface area contributed by atoms with E-state index in [2.05, 4.69) is 5.32 Å². The van der Waals surface area contributed by atoms with Gasteiger partial charge in [0, 0.05) is 55.0 Å². The Kier molecular flexibility index (Phi) is 5.14. The molecule has 6 nitrogen and oxygen atoms in total. The Morgan fingerprint density at radius 3 is 2.71 bits per heavy atom. The zero-order valence-corrected chi connectivity index (χ0v) is 17.0. The molecule has 1 amide bonds. The third kappa shape index (κ3) is 3.38. The first-order chi connectivity index (χ1) is 15.0. The predicted molar refractivity (Wildman–Crippen MR) is 109 cm³/mol. The number of rotatable bonds is 5. The lowest BCUT2D eigenvalue weighted by molar-refractivity contribution is -0.128. The van der Waals surface area contributed by atoms with Crippen molar-refractivity contribution in [2.75, 3.05) is 6.61 Å². The number of pyridine rings is 1. The van der Waals surface area contributed by atoms with E-state index in [0.717, 1.165) is 31.4 Å². The SMILES string of the molecule is O=C(NC1CCC1)[C@H]1[C@H](CO)[C@H]2Cn3c(cccc3=O)[C@@H]1N2Cc1cc(F)ccc1F. The average molecular weight is 429 g/mol. The number of carbonyl (C=O) groups excluding carboxylic acids is 1. The molecule has 31 heavy (non-hydrogen) atoms. The lowest BCUT2D eigenvalue weighted by Gasteiger charge is -2.38. The van der Waals surface area contributed by atoms with Crippen molar-refractivity contribution in [3.8, 4) is 0 Å². The van der Waals surface area contributed by atoms with E-state index >= 15 is 0 Å². The summed E-state index contributed by atoms with van der Waals surface area (Å²) < 4.78 is 29.9. The van der Waals surface area contributed by atoms with Gasteiger partial charge in [0.1, 0.15) is 11.6 Å². The van der Waals surface area contributed by atoms with Crippen molar-refractivity contribution in [1.82, 2.24) is 14.8 Å². The highest BCUT2D eigenvalue weighted by molar-refractivity contribution is 5.81. The predicted octanol–water partition coefficient (Wildman–Crippen LogP) is 1.96. The van der Waals surface area contributed by atoms with Gasteiger partial charge in [-0.1, -0.05) is 6.07 Å². The number of nitrogens with one attached hydrogen (secondary N) is 1. The molecule has 2 aliphatic heterocycles. The number of hydrogen-bond acceptors (Lipinski definition) is 4. The fraction of sp³-hybridized carbons (Fsp3) is 0.478. The maximum atomic E-state index is 14.4. The van der Waals surface area contributed by atoms with E-state index in [1.807, 2.05) is 4.90 Å². The number of aliphatic hydroxyl groups excluding tert-OH is 1. The summed E-state index contributed by atoms with van der Waals surface area (Å²) in [5, 5.41) is 13.3. The summed E-state index contributed by atoms with van der Waals surface area (Å²) in [4.78, 5) is 27.8. The first kappa shape index (κ1) is 20.3. The number of nitrogens with zero attached hydrogens (tertiary/aromatic N) is 2. The molecular formula is C23H25F2N3O3. The molecular weight excluding hydrogens is 404 g/mol. The van der Waals surface area contributed by atoms with Crippen LogP contribution in [0.4, 0.5) is 8.78 Å². The largest absolute Gasteiger partial charge is 0.396 e. The third-order valence-electron chi connectivity index (χ3n) is 7.16. The number of carbonyl (C=O) groups is 1. The molecule has 1 aliphatic carbocycles. The van der Waals surface area contributed by atoms with Gasteiger partial charge in [0.25, 0.3) is 5.56 Å². The zero-order valence-electron chi connectivity index (χ0n) is 17.0. The molecule has 3 aliphatic rings. The average Bonchev–Trinajstić information content (AvgIpc) is 2.92. The van der Waals surface area contributed by atoms with Crippen molar-refractivity contribution in [3.05, 3.63) is 69.6 Å². The molecule has 8 heteroatoms. The van der Waals surface area contributed by atoms with Crippen LogP contribution in [0.3, 0.4) is 0 Å². The van der Waals surface area contributed by atoms with E-state index in [1.54, 1.807) is 16.7 Å². The summed E-state index contributed by atoms with van der Waals surface area (Å²) in [5.41, 5.74) is 0.699. The number of amides is 1. The Bertz CT molecular complexity index is 1070. The van der Waals surface area contributed by atoms with E-state index in [0.29, 0.717) is 12.2 Å². The van der Waals surface area contributed by atoms with Gasteiger partial charge in [-0.2, -0.15) is 0 Å². The lowest BCUT2D eigenvalue weighted by Crippen LogP contribution is -2.46. The van der Waals surface area contributed by atoms with Gasteiger partial charge in [-0.15, -0.1) is 0 Å². The van der Waals surface area contributed by atoms with Crippen molar-refractivity contribution in [3.63, 3.8) is 0 Å². The maximum Gasteiger partial charge on any atom is 0.250 e. The molecule has 2 aromatic rings. The van der Waals surface area contributed by atoms with E-state index in [1.165, 1.54) is 12.1 Å². The minimum absolute atomic E-state index is 0.0890. The summed E-state index contributed by atoms with van der Waals surface area (Å²) >= 11 is 0. The van der Waals surface area contributed by atoms with Crippen molar-refractivity contribution < 1.29 is 18.7 Å². The Morgan fingerprint density at radius 1 is 1.19 bits per heavy atom. The summed E-state index contributed by atoms with van der Waals surface area (Å²) in [5.74, 6) is -2.20. The molecule has 0 spiro atoms. The summed E-state index contributed by atoms with van der Waals surface area (Å²) in [6.07, 6.45) is 2.95. The van der Waals surface area contributed by atoms with Gasteiger partial charge < -0.3 is 15.0 Å². The minimum atomic E-state index is -0.581. The highest BCUT2D eigenvalue weighted by atomic mass is 19.1. The number of aliphatic hydroxyl groups is 1.